The summed E-state index contributed by atoms with van der Waals surface area (Å²) in [7, 11) is 4.93. The molecule has 1 aliphatic rings. The average Bonchev–Trinajstić information content (AvgIpc) is 2.53. The number of halogens is 1. The van der Waals surface area contributed by atoms with Crippen molar-refractivity contribution in [1.82, 2.24) is 0 Å². The summed E-state index contributed by atoms with van der Waals surface area (Å²) in [4.78, 5) is 0. The van der Waals surface area contributed by atoms with E-state index in [4.69, 9.17) is 19.9 Å². The van der Waals surface area contributed by atoms with E-state index in [1.165, 1.54) is 32.1 Å². The fraction of sp³-hybridized carbons (Fsp3) is 0.625. The summed E-state index contributed by atoms with van der Waals surface area (Å²) in [6.07, 6.45) is 6.26. The monoisotopic (exact) mass is 315 g/mol. The van der Waals surface area contributed by atoms with Crippen LogP contribution in [0.4, 0.5) is 0 Å². The first-order valence-corrected chi connectivity index (χ1v) is 7.26. The molecule has 1 aromatic carbocycles. The Bertz CT molecular complexity index is 447. The summed E-state index contributed by atoms with van der Waals surface area (Å²) in [5.41, 5.74) is 7.50. The molecule has 0 aliphatic heterocycles. The molecule has 4 nitrogen and oxygen atoms in total. The molecule has 0 amide bonds. The highest BCUT2D eigenvalue weighted by atomic mass is 35.5. The Morgan fingerprint density at radius 3 is 1.95 bits per heavy atom. The van der Waals surface area contributed by atoms with E-state index < -0.39 is 0 Å². The minimum Gasteiger partial charge on any atom is -0.496 e. The maximum atomic E-state index is 6.48. The molecule has 0 saturated heterocycles. The van der Waals surface area contributed by atoms with Gasteiger partial charge in [-0.2, -0.15) is 0 Å². The molecule has 5 heteroatoms. The molecule has 2 N–H and O–H groups in total. The zero-order chi connectivity index (χ0) is 14.5. The minimum atomic E-state index is -0.00921. The predicted molar refractivity (Wildman–Crippen MR) is 86.8 cm³/mol. The van der Waals surface area contributed by atoms with Crippen LogP contribution in [0.2, 0.25) is 0 Å². The lowest BCUT2D eigenvalue weighted by Gasteiger charge is -2.29. The van der Waals surface area contributed by atoms with Crippen LogP contribution in [0.25, 0.3) is 0 Å². The van der Waals surface area contributed by atoms with E-state index in [2.05, 4.69) is 0 Å². The maximum Gasteiger partial charge on any atom is 0.164 e. The number of ether oxygens (including phenoxy) is 3. The third-order valence-corrected chi connectivity index (χ3v) is 4.25. The van der Waals surface area contributed by atoms with Crippen LogP contribution in [-0.2, 0) is 0 Å². The Labute approximate surface area is 133 Å². The van der Waals surface area contributed by atoms with Crippen molar-refractivity contribution < 1.29 is 14.2 Å². The molecule has 0 spiro atoms. The SMILES string of the molecule is COc1cc(OC)c([C@H](N)C2CCCCC2)cc1OC.Cl. The third-order valence-electron chi connectivity index (χ3n) is 4.25. The molecule has 21 heavy (non-hydrogen) atoms. The van der Waals surface area contributed by atoms with Crippen LogP contribution >= 0.6 is 12.4 Å². The van der Waals surface area contributed by atoms with Gasteiger partial charge in [0.15, 0.2) is 11.5 Å². The van der Waals surface area contributed by atoms with Crippen LogP contribution in [0.3, 0.4) is 0 Å². The number of nitrogens with two attached hydrogens (primary N) is 1. The van der Waals surface area contributed by atoms with E-state index in [1.807, 2.05) is 12.1 Å². The van der Waals surface area contributed by atoms with E-state index in [-0.39, 0.29) is 18.4 Å². The Morgan fingerprint density at radius 2 is 1.43 bits per heavy atom. The Hall–Kier alpha value is -1.13. The zero-order valence-electron chi connectivity index (χ0n) is 13.1. The summed E-state index contributed by atoms with van der Waals surface area (Å²) in [6, 6.07) is 3.80. The van der Waals surface area contributed by atoms with Crippen LogP contribution < -0.4 is 19.9 Å². The summed E-state index contributed by atoms with van der Waals surface area (Å²) >= 11 is 0. The Morgan fingerprint density at radius 1 is 0.905 bits per heavy atom. The molecule has 1 aromatic rings. The number of hydrogen-bond acceptors (Lipinski definition) is 4. The molecule has 2 rings (SSSR count). The molecule has 1 saturated carbocycles. The number of rotatable bonds is 5. The first kappa shape index (κ1) is 17.9. The topological polar surface area (TPSA) is 53.7 Å². The standard InChI is InChI=1S/C16H25NO3.ClH/c1-18-13-10-15(20-3)14(19-2)9-12(13)16(17)11-7-5-4-6-8-11;/h9-11,16H,4-8,17H2,1-3H3;1H/t16-;/m1./s1. The van der Waals surface area contributed by atoms with Gasteiger partial charge in [-0.1, -0.05) is 19.3 Å². The van der Waals surface area contributed by atoms with Gasteiger partial charge in [0.25, 0.3) is 0 Å². The van der Waals surface area contributed by atoms with Gasteiger partial charge < -0.3 is 19.9 Å². The van der Waals surface area contributed by atoms with Crippen molar-refractivity contribution in [3.05, 3.63) is 17.7 Å². The van der Waals surface area contributed by atoms with Gasteiger partial charge in [0.1, 0.15) is 5.75 Å². The average molecular weight is 316 g/mol. The molecular formula is C16H26ClNO3. The molecule has 0 radical (unpaired) electrons. The molecule has 0 heterocycles. The van der Waals surface area contributed by atoms with Crippen molar-refractivity contribution in [3.8, 4) is 17.2 Å². The van der Waals surface area contributed by atoms with Crippen molar-refractivity contribution in [2.75, 3.05) is 21.3 Å². The Balaban J connectivity index is 0.00000220. The lowest BCUT2D eigenvalue weighted by atomic mass is 9.81. The summed E-state index contributed by atoms with van der Waals surface area (Å²) in [6.45, 7) is 0. The molecule has 1 aliphatic carbocycles. The van der Waals surface area contributed by atoms with Crippen molar-refractivity contribution in [2.45, 2.75) is 38.1 Å². The van der Waals surface area contributed by atoms with E-state index in [0.717, 1.165) is 11.3 Å². The second-order valence-electron chi connectivity index (χ2n) is 5.37. The molecule has 120 valence electrons. The van der Waals surface area contributed by atoms with E-state index in [0.29, 0.717) is 17.4 Å². The van der Waals surface area contributed by atoms with Gasteiger partial charge >= 0.3 is 0 Å². The number of hydrogen-bond donors (Lipinski definition) is 1. The smallest absolute Gasteiger partial charge is 0.164 e. The van der Waals surface area contributed by atoms with Crippen LogP contribution in [0, 0.1) is 5.92 Å². The normalized spacial score (nSPS) is 16.8. The molecule has 1 fully saturated rings. The predicted octanol–water partition coefficient (Wildman–Crippen LogP) is 3.71. The molecule has 1 atom stereocenters. The first-order valence-electron chi connectivity index (χ1n) is 7.26. The lowest BCUT2D eigenvalue weighted by molar-refractivity contribution is 0.298. The first-order chi connectivity index (χ1) is 9.71. The molecule has 0 unspecified atom stereocenters. The van der Waals surface area contributed by atoms with Gasteiger partial charge in [-0.3, -0.25) is 0 Å². The van der Waals surface area contributed by atoms with Crippen LogP contribution in [0.15, 0.2) is 12.1 Å². The van der Waals surface area contributed by atoms with Crippen LogP contribution in [0.5, 0.6) is 17.2 Å². The van der Waals surface area contributed by atoms with Crippen LogP contribution in [0.1, 0.15) is 43.7 Å². The fourth-order valence-electron chi connectivity index (χ4n) is 3.06. The number of benzene rings is 1. The summed E-state index contributed by atoms with van der Waals surface area (Å²) < 4.78 is 16.2. The van der Waals surface area contributed by atoms with Crippen molar-refractivity contribution >= 4 is 12.4 Å². The highest BCUT2D eigenvalue weighted by molar-refractivity contribution is 5.85. The van der Waals surface area contributed by atoms with Crippen molar-refractivity contribution in [3.63, 3.8) is 0 Å². The number of methoxy groups -OCH3 is 3. The highest BCUT2D eigenvalue weighted by Crippen LogP contribution is 2.41. The van der Waals surface area contributed by atoms with Gasteiger partial charge in [0, 0.05) is 17.7 Å². The van der Waals surface area contributed by atoms with E-state index in [9.17, 15) is 0 Å². The zero-order valence-corrected chi connectivity index (χ0v) is 13.9. The van der Waals surface area contributed by atoms with Gasteiger partial charge in [-0.25, -0.2) is 0 Å². The fourth-order valence-corrected chi connectivity index (χ4v) is 3.06. The van der Waals surface area contributed by atoms with Gasteiger partial charge in [-0.15, -0.1) is 12.4 Å². The van der Waals surface area contributed by atoms with Gasteiger partial charge in [-0.05, 0) is 24.8 Å². The molecule has 0 bridgehead atoms. The van der Waals surface area contributed by atoms with Crippen LogP contribution in [-0.4, -0.2) is 21.3 Å². The van der Waals surface area contributed by atoms with E-state index in [1.54, 1.807) is 21.3 Å². The largest absolute Gasteiger partial charge is 0.496 e. The lowest BCUT2D eigenvalue weighted by Crippen LogP contribution is -2.24. The van der Waals surface area contributed by atoms with Crippen molar-refractivity contribution in [1.29, 1.82) is 0 Å². The maximum absolute atomic E-state index is 6.48. The summed E-state index contributed by atoms with van der Waals surface area (Å²) in [5, 5.41) is 0. The second-order valence-corrected chi connectivity index (χ2v) is 5.37. The molecule has 0 aromatic heterocycles. The van der Waals surface area contributed by atoms with E-state index >= 15 is 0 Å². The third kappa shape index (κ3) is 3.95. The quantitative estimate of drug-likeness (QED) is 0.900. The highest BCUT2D eigenvalue weighted by Gasteiger charge is 2.25. The van der Waals surface area contributed by atoms with Gasteiger partial charge in [0.05, 0.1) is 21.3 Å². The summed E-state index contributed by atoms with van der Waals surface area (Å²) in [5.74, 6) is 2.68. The second kappa shape index (κ2) is 8.35. The minimum absolute atomic E-state index is 0. The molecular weight excluding hydrogens is 290 g/mol. The Kier molecular flexibility index (Phi) is 7.12. The van der Waals surface area contributed by atoms with Crippen molar-refractivity contribution in [2.24, 2.45) is 11.7 Å². The van der Waals surface area contributed by atoms with Gasteiger partial charge in [0.2, 0.25) is 0 Å².